The van der Waals surface area contributed by atoms with Gasteiger partial charge in [0, 0.05) is 12.1 Å². The van der Waals surface area contributed by atoms with E-state index in [4.69, 9.17) is 19.0 Å². The van der Waals surface area contributed by atoms with Crippen molar-refractivity contribution >= 4 is 23.7 Å². The van der Waals surface area contributed by atoms with Crippen LogP contribution in [0.25, 0.3) is 12.2 Å². The van der Waals surface area contributed by atoms with Crippen LogP contribution < -0.4 is 0 Å². The molecule has 0 spiro atoms. The average Bonchev–Trinajstić information content (AvgIpc) is 3.03. The minimum absolute atomic E-state index is 0.247. The molecule has 0 aliphatic rings. The summed E-state index contributed by atoms with van der Waals surface area (Å²) in [7, 11) is 0. The Kier molecular flexibility index (Phi) is 4.40. The van der Waals surface area contributed by atoms with E-state index in [0.717, 1.165) is 0 Å². The average molecular weight is 288 g/mol. The van der Waals surface area contributed by atoms with E-state index in [-0.39, 0.29) is 18.3 Å². The van der Waals surface area contributed by atoms with Gasteiger partial charge in [-0.15, -0.1) is 0 Å². The predicted molar refractivity (Wildman–Crippen MR) is 73.4 cm³/mol. The first-order chi connectivity index (χ1) is 10.0. The molecule has 0 aliphatic heterocycles. The van der Waals surface area contributed by atoms with Crippen molar-refractivity contribution in [2.45, 2.75) is 6.42 Å². The molecule has 0 fully saturated rings. The maximum absolute atomic E-state index is 11.5. The second kappa shape index (κ2) is 6.42. The summed E-state index contributed by atoms with van der Waals surface area (Å²) in [5.74, 6) is -0.666. The minimum Gasteiger partial charge on any atom is -0.481 e. The lowest BCUT2D eigenvalue weighted by molar-refractivity contribution is -0.121. The van der Waals surface area contributed by atoms with Gasteiger partial charge in [0.05, 0.1) is 6.42 Å². The summed E-state index contributed by atoms with van der Waals surface area (Å²) >= 11 is 0. The normalized spacial score (nSPS) is 11.4. The molecule has 0 atom stereocenters. The molecule has 0 radical (unpaired) electrons. The fraction of sp³-hybridized carbons (Fsp3) is 0.0667. The van der Waals surface area contributed by atoms with Crippen molar-refractivity contribution in [2.75, 3.05) is 0 Å². The number of ketones is 2. The lowest BCUT2D eigenvalue weighted by Gasteiger charge is -1.90. The number of carbonyl (C=O) groups excluding carboxylic acids is 2. The second-order valence-corrected chi connectivity index (χ2v) is 4.13. The van der Waals surface area contributed by atoms with Gasteiger partial charge in [0.25, 0.3) is 11.9 Å². The Balaban J connectivity index is 1.86. The fourth-order valence-electron chi connectivity index (χ4n) is 1.50. The van der Waals surface area contributed by atoms with E-state index < -0.39 is 11.6 Å². The fourth-order valence-corrected chi connectivity index (χ4v) is 1.50. The van der Waals surface area contributed by atoms with Gasteiger partial charge in [-0.1, -0.05) is 0 Å². The summed E-state index contributed by atoms with van der Waals surface area (Å²) in [5, 5.41) is 17.9. The molecular weight excluding hydrogens is 276 g/mol. The summed E-state index contributed by atoms with van der Waals surface area (Å²) < 4.78 is 9.66. The second-order valence-electron chi connectivity index (χ2n) is 4.13. The Morgan fingerprint density at radius 1 is 0.857 bits per heavy atom. The van der Waals surface area contributed by atoms with Crippen LogP contribution in [0.15, 0.2) is 45.3 Å². The van der Waals surface area contributed by atoms with Gasteiger partial charge in [0.15, 0.2) is 11.6 Å². The quantitative estimate of drug-likeness (QED) is 0.625. The first kappa shape index (κ1) is 14.4. The van der Waals surface area contributed by atoms with Gasteiger partial charge in [-0.3, -0.25) is 9.59 Å². The third-order valence-electron chi connectivity index (χ3n) is 2.44. The van der Waals surface area contributed by atoms with Crippen LogP contribution in [0.5, 0.6) is 11.9 Å². The van der Waals surface area contributed by atoms with Crippen LogP contribution in [-0.4, -0.2) is 21.8 Å². The molecule has 0 saturated carbocycles. The highest BCUT2D eigenvalue weighted by Crippen LogP contribution is 2.15. The van der Waals surface area contributed by atoms with Crippen LogP contribution in [0, 0.1) is 0 Å². The van der Waals surface area contributed by atoms with Gasteiger partial charge >= 0.3 is 0 Å². The standard InChI is InChI=1S/C15H12O6/c16-10(1-3-12-5-7-14(18)20-12)9-11(17)2-4-13-6-8-15(19)21-13/h1-8,18-19H,9H2/b3-1+,4-2+. The van der Waals surface area contributed by atoms with Crippen LogP contribution in [0.1, 0.15) is 17.9 Å². The predicted octanol–water partition coefficient (Wildman–Crippen LogP) is 2.54. The number of hydrogen-bond donors (Lipinski definition) is 2. The SMILES string of the molecule is O=C(/C=C/c1ccc(O)o1)CC(=O)/C=C/c1ccc(O)o1. The first-order valence-corrected chi connectivity index (χ1v) is 6.02. The van der Waals surface area contributed by atoms with Crippen LogP contribution in [-0.2, 0) is 9.59 Å². The van der Waals surface area contributed by atoms with Gasteiger partial charge in [0.2, 0.25) is 0 Å². The largest absolute Gasteiger partial charge is 0.481 e. The number of allylic oxidation sites excluding steroid dienone is 2. The Hall–Kier alpha value is -3.02. The Morgan fingerprint density at radius 3 is 1.62 bits per heavy atom. The molecule has 0 aromatic carbocycles. The molecule has 0 unspecified atom stereocenters. The molecule has 2 heterocycles. The smallest absolute Gasteiger partial charge is 0.282 e. The third kappa shape index (κ3) is 4.54. The molecule has 0 saturated heterocycles. The van der Waals surface area contributed by atoms with Crippen LogP contribution in [0.2, 0.25) is 0 Å². The number of carbonyl (C=O) groups is 2. The Morgan fingerprint density at radius 2 is 1.29 bits per heavy atom. The van der Waals surface area contributed by atoms with Gasteiger partial charge in [-0.2, -0.15) is 0 Å². The van der Waals surface area contributed by atoms with Gasteiger partial charge in [-0.25, -0.2) is 0 Å². The molecule has 0 aliphatic carbocycles. The molecule has 6 heteroatoms. The summed E-state index contributed by atoms with van der Waals surface area (Å²) in [6.07, 6.45) is 4.82. The summed E-state index contributed by atoms with van der Waals surface area (Å²) in [5.41, 5.74) is 0. The summed E-state index contributed by atoms with van der Waals surface area (Å²) in [6, 6.07) is 5.67. The monoisotopic (exact) mass is 288 g/mol. The molecule has 6 nitrogen and oxygen atoms in total. The van der Waals surface area contributed by atoms with Crippen molar-refractivity contribution in [1.29, 1.82) is 0 Å². The number of hydrogen-bond acceptors (Lipinski definition) is 6. The molecule has 0 bridgehead atoms. The van der Waals surface area contributed by atoms with Crippen LogP contribution in [0.3, 0.4) is 0 Å². The number of furan rings is 2. The topological polar surface area (TPSA) is 101 Å². The lowest BCUT2D eigenvalue weighted by atomic mass is 10.1. The van der Waals surface area contributed by atoms with E-state index in [0.29, 0.717) is 11.5 Å². The zero-order valence-corrected chi connectivity index (χ0v) is 10.9. The highest BCUT2D eigenvalue weighted by molar-refractivity contribution is 6.10. The van der Waals surface area contributed by atoms with Crippen molar-refractivity contribution < 1.29 is 28.6 Å². The lowest BCUT2D eigenvalue weighted by Crippen LogP contribution is -2.01. The van der Waals surface area contributed by atoms with E-state index in [2.05, 4.69) is 0 Å². The van der Waals surface area contributed by atoms with Crippen molar-refractivity contribution in [2.24, 2.45) is 0 Å². The van der Waals surface area contributed by atoms with E-state index in [9.17, 15) is 9.59 Å². The molecule has 2 rings (SSSR count). The Bertz CT molecular complexity index is 641. The summed E-state index contributed by atoms with van der Waals surface area (Å²) in [6.45, 7) is 0. The Labute approximate surface area is 119 Å². The first-order valence-electron chi connectivity index (χ1n) is 6.02. The maximum Gasteiger partial charge on any atom is 0.282 e. The van der Waals surface area contributed by atoms with E-state index in [1.54, 1.807) is 0 Å². The molecular formula is C15H12O6. The van der Waals surface area contributed by atoms with Crippen molar-refractivity contribution in [3.63, 3.8) is 0 Å². The zero-order valence-electron chi connectivity index (χ0n) is 10.9. The molecule has 2 aromatic rings. The van der Waals surface area contributed by atoms with Gasteiger partial charge in [0.1, 0.15) is 11.5 Å². The van der Waals surface area contributed by atoms with Crippen LogP contribution >= 0.6 is 0 Å². The van der Waals surface area contributed by atoms with Crippen molar-refractivity contribution in [1.82, 2.24) is 0 Å². The third-order valence-corrected chi connectivity index (χ3v) is 2.44. The molecule has 0 amide bonds. The van der Waals surface area contributed by atoms with E-state index >= 15 is 0 Å². The van der Waals surface area contributed by atoms with Crippen LogP contribution in [0.4, 0.5) is 0 Å². The van der Waals surface area contributed by atoms with Gasteiger partial charge < -0.3 is 19.0 Å². The molecule has 2 N–H and O–H groups in total. The summed E-state index contributed by atoms with van der Waals surface area (Å²) in [4.78, 5) is 23.1. The van der Waals surface area contributed by atoms with Gasteiger partial charge in [-0.05, 0) is 36.4 Å². The molecule has 2 aromatic heterocycles. The molecule has 108 valence electrons. The maximum atomic E-state index is 11.5. The van der Waals surface area contributed by atoms with E-state index in [1.807, 2.05) is 0 Å². The van der Waals surface area contributed by atoms with Crippen molar-refractivity contribution in [3.8, 4) is 11.9 Å². The highest BCUT2D eigenvalue weighted by Gasteiger charge is 2.05. The highest BCUT2D eigenvalue weighted by atomic mass is 16.5. The van der Waals surface area contributed by atoms with Crippen molar-refractivity contribution in [3.05, 3.63) is 47.9 Å². The molecule has 21 heavy (non-hydrogen) atoms. The van der Waals surface area contributed by atoms with E-state index in [1.165, 1.54) is 48.6 Å². The minimum atomic E-state index is -0.400. The number of aromatic hydroxyl groups is 2. The zero-order chi connectivity index (χ0) is 15.2. The number of rotatable bonds is 6.